The van der Waals surface area contributed by atoms with Crippen LogP contribution < -0.4 is 11.1 Å². The number of rotatable bonds is 2. The minimum absolute atomic E-state index is 0.0400. The third-order valence-corrected chi connectivity index (χ3v) is 3.21. The summed E-state index contributed by atoms with van der Waals surface area (Å²) in [5, 5.41) is 2.91. The number of nitrogens with two attached hydrogens (primary N) is 1. The average Bonchev–Trinajstić information content (AvgIpc) is 2.80. The van der Waals surface area contributed by atoms with Crippen LogP contribution in [0.3, 0.4) is 0 Å². The van der Waals surface area contributed by atoms with Gasteiger partial charge in [-0.3, -0.25) is 0 Å². The summed E-state index contributed by atoms with van der Waals surface area (Å²) in [5.41, 5.74) is 7.67. The largest absolute Gasteiger partial charge is 0.328 e. The molecule has 1 aliphatic rings. The maximum Gasteiger partial charge on any atom is 0.322 e. The number of nitrogens with one attached hydrogen (secondary N) is 1. The number of nitrogens with zero attached hydrogens (tertiary/aromatic N) is 1. The predicted molar refractivity (Wildman–Crippen MR) is 69.0 cm³/mol. The van der Waals surface area contributed by atoms with E-state index >= 15 is 0 Å². The number of likely N-dealkylation sites (tertiary alicyclic amines) is 1. The molecule has 0 aromatic heterocycles. The van der Waals surface area contributed by atoms with Gasteiger partial charge in [0.15, 0.2) is 0 Å². The summed E-state index contributed by atoms with van der Waals surface area (Å²) in [6, 6.07) is 7.96. The van der Waals surface area contributed by atoms with E-state index in [1.165, 1.54) is 5.56 Å². The number of hydrogen-bond acceptors (Lipinski definition) is 2. The van der Waals surface area contributed by atoms with Gasteiger partial charge in [0.2, 0.25) is 0 Å². The van der Waals surface area contributed by atoms with Crippen LogP contribution in [0.1, 0.15) is 18.4 Å². The molecule has 1 aromatic rings. The fraction of sp³-hybridized carbons (Fsp3) is 0.462. The van der Waals surface area contributed by atoms with Crippen LogP contribution in [-0.4, -0.2) is 30.1 Å². The van der Waals surface area contributed by atoms with Gasteiger partial charge < -0.3 is 16.0 Å². The van der Waals surface area contributed by atoms with E-state index in [0.29, 0.717) is 6.54 Å². The first-order valence-electron chi connectivity index (χ1n) is 6.05. The van der Waals surface area contributed by atoms with Crippen molar-refractivity contribution in [3.05, 3.63) is 29.8 Å². The Balaban J connectivity index is 1.99. The van der Waals surface area contributed by atoms with Crippen LogP contribution in [0.25, 0.3) is 0 Å². The number of aryl methyl sites for hydroxylation is 1. The van der Waals surface area contributed by atoms with Gasteiger partial charge in [-0.2, -0.15) is 0 Å². The quantitative estimate of drug-likeness (QED) is 0.820. The lowest BCUT2D eigenvalue weighted by molar-refractivity contribution is 0.208. The van der Waals surface area contributed by atoms with E-state index in [2.05, 4.69) is 5.32 Å². The summed E-state index contributed by atoms with van der Waals surface area (Å²) in [6.07, 6.45) is 2.06. The Labute approximate surface area is 102 Å². The van der Waals surface area contributed by atoms with E-state index < -0.39 is 0 Å². The summed E-state index contributed by atoms with van der Waals surface area (Å²) in [7, 11) is 0. The average molecular weight is 233 g/mol. The molecule has 0 aliphatic carbocycles. The standard InChI is InChI=1S/C13H19N3O/c1-10-4-6-11(7-5-10)15-13(17)16-8-2-3-12(16)9-14/h4-7,12H,2-3,8-9,14H2,1H3,(H,15,17). The minimum Gasteiger partial charge on any atom is -0.328 e. The first kappa shape index (κ1) is 11.9. The number of hydrogen-bond donors (Lipinski definition) is 2. The molecule has 0 saturated carbocycles. The van der Waals surface area contributed by atoms with Crippen molar-refractivity contribution in [1.29, 1.82) is 0 Å². The SMILES string of the molecule is Cc1ccc(NC(=O)N2CCCC2CN)cc1. The Hall–Kier alpha value is -1.55. The van der Waals surface area contributed by atoms with E-state index in [-0.39, 0.29) is 12.1 Å². The van der Waals surface area contributed by atoms with E-state index in [1.807, 2.05) is 36.1 Å². The highest BCUT2D eigenvalue weighted by atomic mass is 16.2. The van der Waals surface area contributed by atoms with Crippen molar-refractivity contribution in [1.82, 2.24) is 4.90 Å². The van der Waals surface area contributed by atoms with Crippen molar-refractivity contribution in [3.63, 3.8) is 0 Å². The normalized spacial score (nSPS) is 19.4. The van der Waals surface area contributed by atoms with Crippen LogP contribution in [0, 0.1) is 6.92 Å². The van der Waals surface area contributed by atoms with Gasteiger partial charge >= 0.3 is 6.03 Å². The van der Waals surface area contributed by atoms with E-state index in [9.17, 15) is 4.79 Å². The molecule has 17 heavy (non-hydrogen) atoms. The second-order valence-corrected chi connectivity index (χ2v) is 4.52. The van der Waals surface area contributed by atoms with Crippen LogP contribution in [-0.2, 0) is 0 Å². The van der Waals surface area contributed by atoms with Crippen molar-refractivity contribution in [2.24, 2.45) is 5.73 Å². The lowest BCUT2D eigenvalue weighted by atomic mass is 10.2. The van der Waals surface area contributed by atoms with Gasteiger partial charge in [-0.1, -0.05) is 17.7 Å². The summed E-state index contributed by atoms with van der Waals surface area (Å²) >= 11 is 0. The third kappa shape index (κ3) is 2.77. The zero-order valence-electron chi connectivity index (χ0n) is 10.1. The van der Waals surface area contributed by atoms with Gasteiger partial charge in [0, 0.05) is 24.8 Å². The molecule has 2 rings (SSSR count). The van der Waals surface area contributed by atoms with Crippen LogP contribution in [0.15, 0.2) is 24.3 Å². The molecule has 1 aliphatic heterocycles. The Morgan fingerprint density at radius 2 is 2.18 bits per heavy atom. The van der Waals surface area contributed by atoms with E-state index in [0.717, 1.165) is 25.1 Å². The second-order valence-electron chi connectivity index (χ2n) is 4.52. The molecular weight excluding hydrogens is 214 g/mol. The maximum atomic E-state index is 12.0. The Kier molecular flexibility index (Phi) is 3.64. The maximum absolute atomic E-state index is 12.0. The summed E-state index contributed by atoms with van der Waals surface area (Å²) in [5.74, 6) is 0. The number of carbonyl (C=O) groups excluding carboxylic acids is 1. The number of amides is 2. The first-order valence-corrected chi connectivity index (χ1v) is 6.05. The number of anilines is 1. The summed E-state index contributed by atoms with van der Waals surface area (Å²) in [6.45, 7) is 3.37. The molecule has 3 N–H and O–H groups in total. The second kappa shape index (κ2) is 5.19. The number of urea groups is 1. The Bertz CT molecular complexity index is 388. The summed E-state index contributed by atoms with van der Waals surface area (Å²) in [4.78, 5) is 13.9. The lowest BCUT2D eigenvalue weighted by Gasteiger charge is -2.23. The zero-order valence-corrected chi connectivity index (χ0v) is 10.1. The predicted octanol–water partition coefficient (Wildman–Crippen LogP) is 1.95. The molecule has 1 saturated heterocycles. The smallest absolute Gasteiger partial charge is 0.322 e. The molecular formula is C13H19N3O. The Morgan fingerprint density at radius 3 is 2.82 bits per heavy atom. The highest BCUT2D eigenvalue weighted by molar-refractivity contribution is 5.89. The Morgan fingerprint density at radius 1 is 1.47 bits per heavy atom. The molecule has 4 nitrogen and oxygen atoms in total. The molecule has 0 spiro atoms. The highest BCUT2D eigenvalue weighted by Gasteiger charge is 2.27. The molecule has 1 aromatic carbocycles. The van der Waals surface area contributed by atoms with Crippen LogP contribution in [0.4, 0.5) is 10.5 Å². The van der Waals surface area contributed by atoms with Gasteiger partial charge in [-0.25, -0.2) is 4.79 Å². The van der Waals surface area contributed by atoms with Crippen molar-refractivity contribution in [3.8, 4) is 0 Å². The molecule has 4 heteroatoms. The van der Waals surface area contributed by atoms with Gasteiger partial charge in [-0.05, 0) is 31.9 Å². The van der Waals surface area contributed by atoms with Gasteiger partial charge in [0.25, 0.3) is 0 Å². The lowest BCUT2D eigenvalue weighted by Crippen LogP contribution is -2.42. The molecule has 1 atom stereocenters. The highest BCUT2D eigenvalue weighted by Crippen LogP contribution is 2.18. The van der Waals surface area contributed by atoms with Crippen LogP contribution in [0.5, 0.6) is 0 Å². The minimum atomic E-state index is -0.0400. The molecule has 1 heterocycles. The van der Waals surface area contributed by atoms with Gasteiger partial charge in [0.05, 0.1) is 0 Å². The molecule has 92 valence electrons. The molecule has 1 unspecified atom stereocenters. The van der Waals surface area contributed by atoms with E-state index in [4.69, 9.17) is 5.73 Å². The number of benzene rings is 1. The molecule has 2 amide bonds. The van der Waals surface area contributed by atoms with E-state index in [1.54, 1.807) is 0 Å². The van der Waals surface area contributed by atoms with Crippen molar-refractivity contribution in [2.75, 3.05) is 18.4 Å². The van der Waals surface area contributed by atoms with Gasteiger partial charge in [-0.15, -0.1) is 0 Å². The molecule has 1 fully saturated rings. The van der Waals surface area contributed by atoms with Crippen molar-refractivity contribution in [2.45, 2.75) is 25.8 Å². The fourth-order valence-corrected chi connectivity index (χ4v) is 2.18. The monoisotopic (exact) mass is 233 g/mol. The molecule has 0 radical (unpaired) electrons. The third-order valence-electron chi connectivity index (χ3n) is 3.21. The molecule has 0 bridgehead atoms. The van der Waals surface area contributed by atoms with Crippen molar-refractivity contribution >= 4 is 11.7 Å². The summed E-state index contributed by atoms with van der Waals surface area (Å²) < 4.78 is 0. The topological polar surface area (TPSA) is 58.4 Å². The fourth-order valence-electron chi connectivity index (χ4n) is 2.18. The van der Waals surface area contributed by atoms with Crippen molar-refractivity contribution < 1.29 is 4.79 Å². The van der Waals surface area contributed by atoms with Crippen LogP contribution >= 0.6 is 0 Å². The zero-order chi connectivity index (χ0) is 12.3. The van der Waals surface area contributed by atoms with Crippen LogP contribution in [0.2, 0.25) is 0 Å². The number of carbonyl (C=O) groups is 1. The van der Waals surface area contributed by atoms with Gasteiger partial charge in [0.1, 0.15) is 0 Å². The first-order chi connectivity index (χ1) is 8.20.